The van der Waals surface area contributed by atoms with Crippen LogP contribution in [0.25, 0.3) is 0 Å². The summed E-state index contributed by atoms with van der Waals surface area (Å²) in [5, 5.41) is 2.14. The fourth-order valence-corrected chi connectivity index (χ4v) is 3.87. The third-order valence-electron chi connectivity index (χ3n) is 1.93. The normalized spacial score (nSPS) is 20.0. The third kappa shape index (κ3) is 3.16. The molecule has 0 radical (unpaired) electrons. The van der Waals surface area contributed by atoms with Crippen molar-refractivity contribution in [3.8, 4) is 0 Å². The number of nitrogens with zero attached hydrogens (tertiary/aromatic N) is 2. The maximum atomic E-state index is 4.30. The number of hydrogen-bond acceptors (Lipinski definition) is 5. The highest BCUT2D eigenvalue weighted by molar-refractivity contribution is 8.76. The Morgan fingerprint density at radius 3 is 2.69 bits per heavy atom. The largest absolute Gasteiger partial charge is 0.296 e. The first-order valence-corrected chi connectivity index (χ1v) is 7.72. The molecule has 13 heavy (non-hydrogen) atoms. The molecule has 1 aromatic heterocycles. The lowest BCUT2D eigenvalue weighted by Gasteiger charge is -2.17. The molecule has 1 fully saturated rings. The van der Waals surface area contributed by atoms with Gasteiger partial charge < -0.3 is 0 Å². The Morgan fingerprint density at radius 1 is 1.31 bits per heavy atom. The van der Waals surface area contributed by atoms with Crippen LogP contribution in [0, 0.1) is 0 Å². The Labute approximate surface area is 90.5 Å². The average Bonchev–Trinajstić information content (AvgIpc) is 2.49. The van der Waals surface area contributed by atoms with Crippen molar-refractivity contribution in [3.63, 3.8) is 0 Å². The predicted octanol–water partition coefficient (Wildman–Crippen LogP) is 2.34. The van der Waals surface area contributed by atoms with E-state index in [0.29, 0.717) is 0 Å². The smallest absolute Gasteiger partial charge is 0.0795 e. The zero-order valence-electron chi connectivity index (χ0n) is 7.31. The SMILES string of the molecule is c1nc(CN2CCSSCC2)cs1. The predicted molar refractivity (Wildman–Crippen MR) is 62.3 cm³/mol. The van der Waals surface area contributed by atoms with Crippen LogP contribution in [-0.4, -0.2) is 34.5 Å². The molecule has 2 nitrogen and oxygen atoms in total. The van der Waals surface area contributed by atoms with Gasteiger partial charge in [0.05, 0.1) is 11.2 Å². The van der Waals surface area contributed by atoms with E-state index in [1.165, 1.54) is 30.3 Å². The molecule has 0 aromatic carbocycles. The van der Waals surface area contributed by atoms with Gasteiger partial charge in [-0.15, -0.1) is 11.3 Å². The Hall–Kier alpha value is 0.290. The van der Waals surface area contributed by atoms with Gasteiger partial charge in [0, 0.05) is 36.5 Å². The van der Waals surface area contributed by atoms with Crippen LogP contribution in [0.4, 0.5) is 0 Å². The molecular formula is C8H12N2S3. The lowest BCUT2D eigenvalue weighted by molar-refractivity contribution is 0.299. The zero-order valence-corrected chi connectivity index (χ0v) is 9.76. The van der Waals surface area contributed by atoms with Crippen molar-refractivity contribution >= 4 is 32.9 Å². The Bertz CT molecular complexity index is 230. The second-order valence-corrected chi connectivity index (χ2v) is 6.32. The monoisotopic (exact) mass is 232 g/mol. The molecule has 5 heteroatoms. The van der Waals surface area contributed by atoms with Crippen LogP contribution in [-0.2, 0) is 6.54 Å². The quantitative estimate of drug-likeness (QED) is 0.727. The number of rotatable bonds is 2. The first kappa shape index (κ1) is 9.83. The van der Waals surface area contributed by atoms with Crippen molar-refractivity contribution in [1.29, 1.82) is 0 Å². The van der Waals surface area contributed by atoms with Crippen LogP contribution in [0.2, 0.25) is 0 Å². The van der Waals surface area contributed by atoms with Crippen LogP contribution < -0.4 is 0 Å². The highest BCUT2D eigenvalue weighted by Gasteiger charge is 2.10. The molecular weight excluding hydrogens is 220 g/mol. The first-order chi connectivity index (χ1) is 6.45. The maximum absolute atomic E-state index is 4.30. The summed E-state index contributed by atoms with van der Waals surface area (Å²) in [5.41, 5.74) is 3.14. The number of hydrogen-bond donors (Lipinski definition) is 0. The first-order valence-electron chi connectivity index (χ1n) is 4.29. The van der Waals surface area contributed by atoms with E-state index in [-0.39, 0.29) is 0 Å². The fourth-order valence-electron chi connectivity index (χ4n) is 1.27. The molecule has 0 bridgehead atoms. The molecule has 2 heterocycles. The molecule has 72 valence electrons. The van der Waals surface area contributed by atoms with Gasteiger partial charge in [0.1, 0.15) is 0 Å². The van der Waals surface area contributed by atoms with Gasteiger partial charge in [0.25, 0.3) is 0 Å². The van der Waals surface area contributed by atoms with Gasteiger partial charge in [0.2, 0.25) is 0 Å². The minimum absolute atomic E-state index is 1.03. The van der Waals surface area contributed by atoms with Gasteiger partial charge in [-0.25, -0.2) is 4.98 Å². The van der Waals surface area contributed by atoms with Gasteiger partial charge in [0.15, 0.2) is 0 Å². The topological polar surface area (TPSA) is 16.1 Å². The molecule has 0 amide bonds. The van der Waals surface area contributed by atoms with Crippen LogP contribution in [0.5, 0.6) is 0 Å². The van der Waals surface area contributed by atoms with Crippen molar-refractivity contribution in [2.75, 3.05) is 24.6 Å². The third-order valence-corrected chi connectivity index (χ3v) is 4.93. The van der Waals surface area contributed by atoms with E-state index in [0.717, 1.165) is 6.54 Å². The molecule has 1 saturated heterocycles. The van der Waals surface area contributed by atoms with Crippen molar-refractivity contribution in [1.82, 2.24) is 9.88 Å². The van der Waals surface area contributed by atoms with E-state index < -0.39 is 0 Å². The Morgan fingerprint density at radius 2 is 2.08 bits per heavy atom. The molecule has 1 aliphatic rings. The average molecular weight is 232 g/mol. The minimum atomic E-state index is 1.03. The van der Waals surface area contributed by atoms with E-state index in [2.05, 4.69) is 15.3 Å². The number of aromatic nitrogens is 1. The van der Waals surface area contributed by atoms with Crippen molar-refractivity contribution in [3.05, 3.63) is 16.6 Å². The van der Waals surface area contributed by atoms with Crippen molar-refractivity contribution < 1.29 is 0 Å². The van der Waals surface area contributed by atoms with Gasteiger partial charge in [-0.2, -0.15) is 0 Å². The molecule has 0 atom stereocenters. The Balaban J connectivity index is 1.86. The molecule has 0 aliphatic carbocycles. The molecule has 0 N–H and O–H groups in total. The lowest BCUT2D eigenvalue weighted by Crippen LogP contribution is -2.26. The Kier molecular flexibility index (Phi) is 3.96. The van der Waals surface area contributed by atoms with Crippen LogP contribution in [0.3, 0.4) is 0 Å². The van der Waals surface area contributed by atoms with E-state index in [1.807, 2.05) is 27.1 Å². The molecule has 0 unspecified atom stereocenters. The number of thiazole rings is 1. The second-order valence-electron chi connectivity index (χ2n) is 2.90. The highest BCUT2D eigenvalue weighted by atomic mass is 33.1. The summed E-state index contributed by atoms with van der Waals surface area (Å²) in [4.78, 5) is 6.79. The highest BCUT2D eigenvalue weighted by Crippen LogP contribution is 2.24. The summed E-state index contributed by atoms with van der Waals surface area (Å²) < 4.78 is 0. The van der Waals surface area contributed by atoms with E-state index in [1.54, 1.807) is 11.3 Å². The summed E-state index contributed by atoms with van der Waals surface area (Å²) in [6.45, 7) is 3.44. The fraction of sp³-hybridized carbons (Fsp3) is 0.625. The second kappa shape index (κ2) is 5.24. The lowest BCUT2D eigenvalue weighted by atomic mass is 10.4. The maximum Gasteiger partial charge on any atom is 0.0795 e. The molecule has 1 aromatic rings. The van der Waals surface area contributed by atoms with Crippen LogP contribution >= 0.6 is 32.9 Å². The standard InChI is InChI=1S/C8H12N2S3/c1-3-12-13-4-2-10(1)5-8-6-11-7-9-8/h6-7H,1-5H2. The van der Waals surface area contributed by atoms with E-state index in [4.69, 9.17) is 0 Å². The molecule has 1 aliphatic heterocycles. The van der Waals surface area contributed by atoms with Crippen LogP contribution in [0.15, 0.2) is 10.9 Å². The van der Waals surface area contributed by atoms with Gasteiger partial charge >= 0.3 is 0 Å². The summed E-state index contributed by atoms with van der Waals surface area (Å²) in [6, 6.07) is 0. The summed E-state index contributed by atoms with van der Waals surface area (Å²) in [5.74, 6) is 2.49. The summed E-state index contributed by atoms with van der Waals surface area (Å²) >= 11 is 1.69. The summed E-state index contributed by atoms with van der Waals surface area (Å²) in [7, 11) is 3.98. The van der Waals surface area contributed by atoms with E-state index >= 15 is 0 Å². The molecule has 0 saturated carbocycles. The van der Waals surface area contributed by atoms with Crippen LogP contribution in [0.1, 0.15) is 5.69 Å². The summed E-state index contributed by atoms with van der Waals surface area (Å²) in [6.07, 6.45) is 0. The molecule has 2 rings (SSSR count). The van der Waals surface area contributed by atoms with E-state index in [9.17, 15) is 0 Å². The minimum Gasteiger partial charge on any atom is -0.296 e. The zero-order chi connectivity index (χ0) is 8.93. The van der Waals surface area contributed by atoms with Gasteiger partial charge in [-0.05, 0) is 0 Å². The van der Waals surface area contributed by atoms with Crippen molar-refractivity contribution in [2.24, 2.45) is 0 Å². The van der Waals surface area contributed by atoms with Gasteiger partial charge in [-0.1, -0.05) is 21.6 Å². The molecule has 0 spiro atoms. The van der Waals surface area contributed by atoms with Crippen molar-refractivity contribution in [2.45, 2.75) is 6.54 Å². The van der Waals surface area contributed by atoms with Gasteiger partial charge in [-0.3, -0.25) is 4.90 Å².